The van der Waals surface area contributed by atoms with Gasteiger partial charge in [0.15, 0.2) is 5.44 Å². The van der Waals surface area contributed by atoms with E-state index in [0.717, 1.165) is 11.5 Å². The van der Waals surface area contributed by atoms with Gasteiger partial charge >= 0.3 is 17.9 Å². The van der Waals surface area contributed by atoms with E-state index in [0.29, 0.717) is 5.57 Å². The molecule has 0 radical (unpaired) electrons. The molecule has 1 fully saturated rings. The fraction of sp³-hybridized carbons (Fsp3) is 0.471. The molecule has 0 saturated carbocycles. The molecule has 1 saturated heterocycles. The standard InChI is InChI=1S/C9H14O2S2.C8H10O3/c1-7(2)9(10)11-8-6-12-4-3-5-13-8;1-5(2)7(9)11-8(10)6(3)4/h8H,1,3-6H2,2H3;1,3H2,2,4H3. The molecule has 0 amide bonds. The highest BCUT2D eigenvalue weighted by molar-refractivity contribution is 8.03. The minimum Gasteiger partial charge on any atom is -0.447 e. The third-order valence-corrected chi connectivity index (χ3v) is 4.95. The molecule has 1 rings (SSSR count). The second-order valence-corrected chi connectivity index (χ2v) is 7.57. The first kappa shape index (κ1) is 22.5. The average molecular weight is 373 g/mol. The third kappa shape index (κ3) is 10.3. The highest BCUT2D eigenvalue weighted by Crippen LogP contribution is 2.24. The summed E-state index contributed by atoms with van der Waals surface area (Å²) in [6.07, 6.45) is 1.20. The summed E-state index contributed by atoms with van der Waals surface area (Å²) in [4.78, 5) is 32.5. The van der Waals surface area contributed by atoms with Gasteiger partial charge in [-0.2, -0.15) is 11.8 Å². The van der Waals surface area contributed by atoms with E-state index < -0.39 is 11.9 Å². The normalized spacial score (nSPS) is 16.5. The lowest BCUT2D eigenvalue weighted by Crippen LogP contribution is -2.17. The van der Waals surface area contributed by atoms with Gasteiger partial charge in [0.25, 0.3) is 0 Å². The van der Waals surface area contributed by atoms with E-state index in [1.54, 1.807) is 18.7 Å². The highest BCUT2D eigenvalue weighted by Gasteiger charge is 2.17. The zero-order chi connectivity index (χ0) is 18.7. The van der Waals surface area contributed by atoms with Crippen LogP contribution in [0.1, 0.15) is 27.2 Å². The van der Waals surface area contributed by atoms with E-state index in [9.17, 15) is 14.4 Å². The van der Waals surface area contributed by atoms with Gasteiger partial charge in [0.2, 0.25) is 0 Å². The molecule has 0 aliphatic carbocycles. The van der Waals surface area contributed by atoms with Gasteiger partial charge in [-0.3, -0.25) is 0 Å². The number of carbonyl (C=O) groups is 3. The third-order valence-electron chi connectivity index (χ3n) is 2.46. The summed E-state index contributed by atoms with van der Waals surface area (Å²) in [5, 5.41) is 0. The molecule has 1 heterocycles. The molecule has 0 aromatic rings. The number of esters is 3. The summed E-state index contributed by atoms with van der Waals surface area (Å²) >= 11 is 3.57. The second-order valence-electron chi connectivity index (χ2n) is 5.15. The number of carbonyl (C=O) groups excluding carboxylic acids is 3. The summed E-state index contributed by atoms with van der Waals surface area (Å²) in [5.41, 5.74) is 0.894. The van der Waals surface area contributed by atoms with Gasteiger partial charge in [0.05, 0.1) is 0 Å². The van der Waals surface area contributed by atoms with Crippen LogP contribution in [0.4, 0.5) is 0 Å². The quantitative estimate of drug-likeness (QED) is 0.425. The Kier molecular flexibility index (Phi) is 11.2. The fourth-order valence-corrected chi connectivity index (χ4v) is 3.51. The van der Waals surface area contributed by atoms with Crippen LogP contribution < -0.4 is 0 Å². The van der Waals surface area contributed by atoms with E-state index in [4.69, 9.17) is 4.74 Å². The van der Waals surface area contributed by atoms with Gasteiger partial charge in [-0.25, -0.2) is 14.4 Å². The summed E-state index contributed by atoms with van der Waals surface area (Å²) in [7, 11) is 0. The molecule has 1 unspecified atom stereocenters. The van der Waals surface area contributed by atoms with E-state index in [2.05, 4.69) is 24.5 Å². The van der Waals surface area contributed by atoms with Crippen molar-refractivity contribution < 1.29 is 23.9 Å². The van der Waals surface area contributed by atoms with Crippen molar-refractivity contribution in [3.05, 3.63) is 36.5 Å². The van der Waals surface area contributed by atoms with Crippen LogP contribution in [-0.2, 0) is 23.9 Å². The molecule has 0 aromatic heterocycles. The molecule has 5 nitrogen and oxygen atoms in total. The zero-order valence-electron chi connectivity index (χ0n) is 14.4. The van der Waals surface area contributed by atoms with Crippen molar-refractivity contribution in [2.75, 3.05) is 17.3 Å². The molecule has 1 aliphatic heterocycles. The lowest BCUT2D eigenvalue weighted by molar-refractivity contribution is -0.154. The highest BCUT2D eigenvalue weighted by atomic mass is 32.2. The minimum atomic E-state index is -0.710. The summed E-state index contributed by atoms with van der Waals surface area (Å²) in [5.74, 6) is 1.48. The maximum Gasteiger partial charge on any atom is 0.340 e. The van der Waals surface area contributed by atoms with Crippen LogP contribution in [0.2, 0.25) is 0 Å². The Bertz CT molecular complexity index is 493. The van der Waals surface area contributed by atoms with Crippen LogP contribution in [0, 0.1) is 0 Å². The van der Waals surface area contributed by atoms with Crippen molar-refractivity contribution in [2.45, 2.75) is 32.6 Å². The molecular weight excluding hydrogens is 348 g/mol. The molecule has 0 aromatic carbocycles. The molecule has 1 atom stereocenters. The summed E-state index contributed by atoms with van der Waals surface area (Å²) in [6, 6.07) is 0. The van der Waals surface area contributed by atoms with Crippen molar-refractivity contribution in [3.8, 4) is 0 Å². The maximum atomic E-state index is 11.2. The van der Waals surface area contributed by atoms with E-state index >= 15 is 0 Å². The zero-order valence-corrected chi connectivity index (χ0v) is 16.0. The van der Waals surface area contributed by atoms with Crippen molar-refractivity contribution in [2.24, 2.45) is 0 Å². The number of ether oxygens (including phenoxy) is 2. The Labute approximate surface area is 151 Å². The smallest absolute Gasteiger partial charge is 0.340 e. The molecule has 1 aliphatic rings. The molecular formula is C17H24O5S2. The van der Waals surface area contributed by atoms with Crippen LogP contribution in [0.25, 0.3) is 0 Å². The van der Waals surface area contributed by atoms with Crippen LogP contribution in [0.15, 0.2) is 36.5 Å². The number of thioether (sulfide) groups is 2. The van der Waals surface area contributed by atoms with Gasteiger partial charge < -0.3 is 9.47 Å². The Morgan fingerprint density at radius 1 is 0.875 bits per heavy atom. The van der Waals surface area contributed by atoms with Gasteiger partial charge in [0, 0.05) is 22.5 Å². The molecule has 134 valence electrons. The van der Waals surface area contributed by atoms with Gasteiger partial charge in [-0.05, 0) is 38.7 Å². The molecule has 0 bridgehead atoms. The Morgan fingerprint density at radius 3 is 1.83 bits per heavy atom. The molecule has 7 heteroatoms. The van der Waals surface area contributed by atoms with Crippen molar-refractivity contribution in [1.82, 2.24) is 0 Å². The predicted molar refractivity (Wildman–Crippen MR) is 99.8 cm³/mol. The first-order valence-corrected chi connectivity index (χ1v) is 9.48. The van der Waals surface area contributed by atoms with Crippen LogP contribution >= 0.6 is 23.5 Å². The molecule has 24 heavy (non-hydrogen) atoms. The summed E-state index contributed by atoms with van der Waals surface area (Å²) < 4.78 is 9.53. The number of hydrogen-bond donors (Lipinski definition) is 0. The van der Waals surface area contributed by atoms with Crippen LogP contribution in [0.3, 0.4) is 0 Å². The van der Waals surface area contributed by atoms with Crippen molar-refractivity contribution in [3.63, 3.8) is 0 Å². The topological polar surface area (TPSA) is 69.7 Å². The second kappa shape index (κ2) is 12.0. The number of rotatable bonds is 4. The molecule has 0 spiro atoms. The van der Waals surface area contributed by atoms with E-state index in [-0.39, 0.29) is 22.6 Å². The van der Waals surface area contributed by atoms with Gasteiger partial charge in [0.1, 0.15) is 0 Å². The SMILES string of the molecule is C=C(C)C(=O)OC(=O)C(=C)C.C=C(C)C(=O)OC1CSCCCS1. The Morgan fingerprint density at radius 2 is 1.38 bits per heavy atom. The average Bonchev–Trinajstić information content (AvgIpc) is 2.76. The minimum absolute atomic E-state index is 0.0247. The maximum absolute atomic E-state index is 11.2. The van der Waals surface area contributed by atoms with Gasteiger partial charge in [-0.1, -0.05) is 19.7 Å². The first-order valence-electron chi connectivity index (χ1n) is 7.28. The Balaban J connectivity index is 0.000000449. The van der Waals surface area contributed by atoms with Crippen molar-refractivity contribution >= 4 is 41.4 Å². The Hall–Kier alpha value is -1.47. The van der Waals surface area contributed by atoms with Crippen molar-refractivity contribution in [1.29, 1.82) is 0 Å². The monoisotopic (exact) mass is 372 g/mol. The first-order chi connectivity index (χ1) is 11.1. The fourth-order valence-electron chi connectivity index (χ4n) is 1.15. The summed E-state index contributed by atoms with van der Waals surface area (Å²) in [6.45, 7) is 14.8. The van der Waals surface area contributed by atoms with E-state index in [1.807, 2.05) is 11.8 Å². The van der Waals surface area contributed by atoms with Crippen LogP contribution in [0.5, 0.6) is 0 Å². The lowest BCUT2D eigenvalue weighted by Gasteiger charge is -2.13. The van der Waals surface area contributed by atoms with Crippen LogP contribution in [-0.4, -0.2) is 40.6 Å². The predicted octanol–water partition coefficient (Wildman–Crippen LogP) is 3.51. The number of hydrogen-bond acceptors (Lipinski definition) is 7. The largest absolute Gasteiger partial charge is 0.447 e. The van der Waals surface area contributed by atoms with E-state index in [1.165, 1.54) is 26.0 Å². The lowest BCUT2D eigenvalue weighted by atomic mass is 10.3. The van der Waals surface area contributed by atoms with Gasteiger partial charge in [-0.15, -0.1) is 11.8 Å². The molecule has 0 N–H and O–H groups in total.